The van der Waals surface area contributed by atoms with Gasteiger partial charge in [-0.1, -0.05) is 12.1 Å². The topological polar surface area (TPSA) is 81.2 Å². The average molecular weight is 323 g/mol. The molecule has 2 heterocycles. The lowest BCUT2D eigenvalue weighted by Crippen LogP contribution is -2.41. The van der Waals surface area contributed by atoms with Crippen molar-refractivity contribution < 1.29 is 9.31 Å². The van der Waals surface area contributed by atoms with Gasteiger partial charge < -0.3 is 15.0 Å². The zero-order valence-electron chi connectivity index (χ0n) is 14.5. The van der Waals surface area contributed by atoms with Gasteiger partial charge in [0.15, 0.2) is 0 Å². The Hall–Kier alpha value is -2.18. The molecule has 24 heavy (non-hydrogen) atoms. The molecule has 3 rings (SSSR count). The van der Waals surface area contributed by atoms with E-state index >= 15 is 0 Å². The van der Waals surface area contributed by atoms with E-state index < -0.39 is 18.3 Å². The van der Waals surface area contributed by atoms with Crippen molar-refractivity contribution >= 4 is 24.0 Å². The second-order valence-corrected chi connectivity index (χ2v) is 7.05. The summed E-state index contributed by atoms with van der Waals surface area (Å²) in [5, 5.41) is 8.45. The van der Waals surface area contributed by atoms with E-state index in [9.17, 15) is 0 Å². The summed E-state index contributed by atoms with van der Waals surface area (Å²) in [6.45, 7) is 8.07. The minimum Gasteiger partial charge on any atom is -0.399 e. The van der Waals surface area contributed by atoms with Gasteiger partial charge in [-0.05, 0) is 51.4 Å². The van der Waals surface area contributed by atoms with Crippen LogP contribution < -0.4 is 11.2 Å². The molecule has 1 aliphatic heterocycles. The van der Waals surface area contributed by atoms with Crippen LogP contribution in [0.15, 0.2) is 42.7 Å². The van der Waals surface area contributed by atoms with Crippen LogP contribution in [0.2, 0.25) is 0 Å². The molecule has 0 spiro atoms. The minimum absolute atomic E-state index is 0.355. The Labute approximate surface area is 142 Å². The number of aromatic nitrogens is 1. The van der Waals surface area contributed by atoms with Gasteiger partial charge in [0.25, 0.3) is 0 Å². The summed E-state index contributed by atoms with van der Waals surface area (Å²) in [6, 6.07) is 9.15. The van der Waals surface area contributed by atoms with Crippen molar-refractivity contribution in [1.82, 2.24) is 4.98 Å². The highest BCUT2D eigenvalue weighted by Gasteiger charge is 2.51. The summed E-state index contributed by atoms with van der Waals surface area (Å²) < 4.78 is 12.2. The zero-order valence-corrected chi connectivity index (χ0v) is 14.5. The number of nitrogens with zero attached hydrogens (tertiary/aromatic N) is 1. The molecule has 1 aromatic heterocycles. The molecule has 0 saturated carbocycles. The Morgan fingerprint density at radius 3 is 2.21 bits per heavy atom. The molecular formula is C18H22BN3O2. The van der Waals surface area contributed by atoms with Crippen LogP contribution in [0.3, 0.4) is 0 Å². The van der Waals surface area contributed by atoms with Crippen molar-refractivity contribution in [3.8, 4) is 0 Å². The largest absolute Gasteiger partial charge is 0.494 e. The maximum absolute atomic E-state index is 8.45. The van der Waals surface area contributed by atoms with Gasteiger partial charge in [0.2, 0.25) is 0 Å². The molecule has 0 radical (unpaired) electrons. The van der Waals surface area contributed by atoms with Gasteiger partial charge >= 0.3 is 7.12 Å². The minimum atomic E-state index is -0.473. The number of benzene rings is 1. The first-order chi connectivity index (χ1) is 11.2. The SMILES string of the molecule is CC1(C)OB(c2ccc(N)c(C(=N)c3ccncc3)c2)OC1(C)C. The molecule has 1 aliphatic rings. The summed E-state index contributed by atoms with van der Waals surface area (Å²) in [4.78, 5) is 3.99. The molecule has 1 aromatic carbocycles. The lowest BCUT2D eigenvalue weighted by molar-refractivity contribution is 0.00578. The summed E-state index contributed by atoms with van der Waals surface area (Å²) >= 11 is 0. The quantitative estimate of drug-likeness (QED) is 0.516. The predicted octanol–water partition coefficient (Wildman–Crippen LogP) is 2.38. The van der Waals surface area contributed by atoms with Crippen LogP contribution in [0.25, 0.3) is 0 Å². The van der Waals surface area contributed by atoms with Gasteiger partial charge in [0, 0.05) is 29.2 Å². The molecule has 3 N–H and O–H groups in total. The number of nitrogen functional groups attached to an aromatic ring is 1. The fraction of sp³-hybridized carbons (Fsp3) is 0.333. The predicted molar refractivity (Wildman–Crippen MR) is 96.7 cm³/mol. The summed E-state index contributed by atoms with van der Waals surface area (Å²) in [6.07, 6.45) is 3.33. The van der Waals surface area contributed by atoms with Crippen molar-refractivity contribution in [2.45, 2.75) is 38.9 Å². The maximum atomic E-state index is 8.45. The Kier molecular flexibility index (Phi) is 3.97. The van der Waals surface area contributed by atoms with E-state index in [-0.39, 0.29) is 0 Å². The average Bonchev–Trinajstić information content (AvgIpc) is 2.76. The molecule has 124 valence electrons. The van der Waals surface area contributed by atoms with Gasteiger partial charge in [0.05, 0.1) is 16.9 Å². The summed E-state index contributed by atoms with van der Waals surface area (Å²) in [5.41, 5.74) is 8.48. The van der Waals surface area contributed by atoms with Crippen molar-refractivity contribution in [3.05, 3.63) is 53.9 Å². The molecule has 2 aromatic rings. The second kappa shape index (κ2) is 5.72. The van der Waals surface area contributed by atoms with Gasteiger partial charge in [-0.15, -0.1) is 0 Å². The molecule has 1 fully saturated rings. The first kappa shape index (κ1) is 16.7. The molecule has 0 unspecified atom stereocenters. The van der Waals surface area contributed by atoms with Gasteiger partial charge in [-0.3, -0.25) is 10.4 Å². The molecule has 0 bridgehead atoms. The van der Waals surface area contributed by atoms with Crippen molar-refractivity contribution in [3.63, 3.8) is 0 Å². The molecular weight excluding hydrogens is 301 g/mol. The number of hydrogen-bond donors (Lipinski definition) is 2. The standard InChI is InChI=1S/C18H22BN3O2/c1-17(2)18(3,4)24-19(23-17)13-5-6-15(20)14(11-13)16(21)12-7-9-22-10-8-12/h5-11,21H,20H2,1-4H3. The number of pyridine rings is 1. The summed E-state index contributed by atoms with van der Waals surface area (Å²) in [5.74, 6) is 0. The fourth-order valence-electron chi connectivity index (χ4n) is 2.59. The Balaban J connectivity index is 1.95. The molecule has 0 aliphatic carbocycles. The van der Waals surface area contributed by atoms with Crippen LogP contribution in [0.1, 0.15) is 38.8 Å². The lowest BCUT2D eigenvalue weighted by atomic mass is 9.77. The number of anilines is 1. The van der Waals surface area contributed by atoms with E-state index in [1.807, 2.05) is 39.8 Å². The lowest BCUT2D eigenvalue weighted by Gasteiger charge is -2.32. The second-order valence-electron chi connectivity index (χ2n) is 7.05. The molecule has 0 atom stereocenters. The first-order valence-corrected chi connectivity index (χ1v) is 7.96. The van der Waals surface area contributed by atoms with Gasteiger partial charge in [0.1, 0.15) is 0 Å². The summed E-state index contributed by atoms with van der Waals surface area (Å²) in [7, 11) is -0.473. The van der Waals surface area contributed by atoms with E-state index in [4.69, 9.17) is 20.5 Å². The first-order valence-electron chi connectivity index (χ1n) is 7.96. The Bertz CT molecular complexity index is 759. The fourth-order valence-corrected chi connectivity index (χ4v) is 2.59. The van der Waals surface area contributed by atoms with E-state index in [1.165, 1.54) is 0 Å². The highest BCUT2D eigenvalue weighted by Crippen LogP contribution is 2.36. The number of rotatable bonds is 3. The van der Waals surface area contributed by atoms with Crippen LogP contribution in [0.4, 0.5) is 5.69 Å². The van der Waals surface area contributed by atoms with Crippen molar-refractivity contribution in [1.29, 1.82) is 5.41 Å². The Morgan fingerprint density at radius 1 is 1.04 bits per heavy atom. The third-order valence-corrected chi connectivity index (χ3v) is 4.84. The van der Waals surface area contributed by atoms with E-state index in [2.05, 4.69) is 4.98 Å². The number of nitrogens with two attached hydrogens (primary N) is 1. The smallest absolute Gasteiger partial charge is 0.399 e. The normalized spacial score (nSPS) is 18.6. The Morgan fingerprint density at radius 2 is 1.62 bits per heavy atom. The number of nitrogens with one attached hydrogen (secondary N) is 1. The van der Waals surface area contributed by atoms with E-state index in [0.717, 1.165) is 11.0 Å². The van der Waals surface area contributed by atoms with Crippen molar-refractivity contribution in [2.75, 3.05) is 5.73 Å². The van der Waals surface area contributed by atoms with Crippen molar-refractivity contribution in [2.24, 2.45) is 0 Å². The van der Waals surface area contributed by atoms with Crippen LogP contribution in [0.5, 0.6) is 0 Å². The van der Waals surface area contributed by atoms with Gasteiger partial charge in [-0.2, -0.15) is 0 Å². The van der Waals surface area contributed by atoms with E-state index in [0.29, 0.717) is 17.0 Å². The van der Waals surface area contributed by atoms with Gasteiger partial charge in [-0.25, -0.2) is 0 Å². The zero-order chi connectivity index (χ0) is 17.5. The van der Waals surface area contributed by atoms with Crippen LogP contribution in [-0.2, 0) is 9.31 Å². The van der Waals surface area contributed by atoms with E-state index in [1.54, 1.807) is 30.6 Å². The van der Waals surface area contributed by atoms with Crippen LogP contribution in [-0.4, -0.2) is 29.0 Å². The highest BCUT2D eigenvalue weighted by molar-refractivity contribution is 6.62. The monoisotopic (exact) mass is 323 g/mol. The molecule has 6 heteroatoms. The molecule has 5 nitrogen and oxygen atoms in total. The molecule has 0 amide bonds. The third-order valence-electron chi connectivity index (χ3n) is 4.84. The van der Waals surface area contributed by atoms with Crippen LogP contribution in [0, 0.1) is 5.41 Å². The molecule has 1 saturated heterocycles. The third kappa shape index (κ3) is 2.83. The number of hydrogen-bond acceptors (Lipinski definition) is 5. The highest BCUT2D eigenvalue weighted by atomic mass is 16.7. The van der Waals surface area contributed by atoms with Crippen LogP contribution >= 0.6 is 0 Å². The maximum Gasteiger partial charge on any atom is 0.494 e.